The molecule has 0 radical (unpaired) electrons. The Labute approximate surface area is 127 Å². The summed E-state index contributed by atoms with van der Waals surface area (Å²) >= 11 is 0. The van der Waals surface area contributed by atoms with E-state index in [1.807, 2.05) is 6.92 Å². The number of hydrogen-bond acceptors (Lipinski definition) is 4. The van der Waals surface area contributed by atoms with E-state index in [0.717, 1.165) is 32.4 Å². The second kappa shape index (κ2) is 7.24. The summed E-state index contributed by atoms with van der Waals surface area (Å²) in [6.07, 6.45) is 2.73. The minimum absolute atomic E-state index is 0.0369. The van der Waals surface area contributed by atoms with Crippen molar-refractivity contribution in [2.24, 2.45) is 0 Å². The van der Waals surface area contributed by atoms with Crippen molar-refractivity contribution in [3.8, 4) is 5.75 Å². The van der Waals surface area contributed by atoms with Crippen molar-refractivity contribution in [1.82, 2.24) is 9.62 Å². The van der Waals surface area contributed by atoms with Gasteiger partial charge in [-0.25, -0.2) is 8.42 Å². The Morgan fingerprint density at radius 2 is 2.24 bits per heavy atom. The van der Waals surface area contributed by atoms with Crippen LogP contribution in [-0.4, -0.2) is 45.5 Å². The van der Waals surface area contributed by atoms with Crippen molar-refractivity contribution in [3.63, 3.8) is 0 Å². The van der Waals surface area contributed by atoms with E-state index < -0.39 is 10.0 Å². The molecule has 1 aliphatic heterocycles. The summed E-state index contributed by atoms with van der Waals surface area (Å²) in [4.78, 5) is 0.306. The van der Waals surface area contributed by atoms with Crippen LogP contribution in [0.5, 0.6) is 5.75 Å². The lowest BCUT2D eigenvalue weighted by atomic mass is 10.1. The Morgan fingerprint density at radius 1 is 1.43 bits per heavy atom. The molecule has 118 valence electrons. The summed E-state index contributed by atoms with van der Waals surface area (Å²) in [6, 6.07) is 6.74. The maximum absolute atomic E-state index is 12.9. The highest BCUT2D eigenvalue weighted by Gasteiger charge is 2.31. The number of hydrogen-bond donors (Lipinski definition) is 1. The van der Waals surface area contributed by atoms with E-state index in [-0.39, 0.29) is 6.04 Å². The normalized spacial score (nSPS) is 19.7. The highest BCUT2D eigenvalue weighted by atomic mass is 32.2. The molecule has 0 bridgehead atoms. The van der Waals surface area contributed by atoms with E-state index in [1.54, 1.807) is 35.7 Å². The molecule has 1 unspecified atom stereocenters. The fourth-order valence-corrected chi connectivity index (χ4v) is 4.48. The van der Waals surface area contributed by atoms with E-state index in [9.17, 15) is 8.42 Å². The van der Waals surface area contributed by atoms with Gasteiger partial charge in [0.15, 0.2) is 0 Å². The smallest absolute Gasteiger partial charge is 0.243 e. The van der Waals surface area contributed by atoms with Gasteiger partial charge in [0.25, 0.3) is 0 Å². The number of nitrogens with zero attached hydrogens (tertiary/aromatic N) is 1. The summed E-state index contributed by atoms with van der Waals surface area (Å²) < 4.78 is 32.7. The summed E-state index contributed by atoms with van der Waals surface area (Å²) in [7, 11) is -1.94. The third-order valence-electron chi connectivity index (χ3n) is 3.77. The minimum Gasteiger partial charge on any atom is -0.497 e. The van der Waals surface area contributed by atoms with Crippen LogP contribution in [0.3, 0.4) is 0 Å². The average Bonchev–Trinajstić information content (AvgIpc) is 2.53. The highest BCUT2D eigenvalue weighted by molar-refractivity contribution is 7.89. The monoisotopic (exact) mass is 312 g/mol. The Bertz CT molecular complexity index is 554. The molecule has 5 nitrogen and oxygen atoms in total. The Hall–Kier alpha value is -1.11. The lowest BCUT2D eigenvalue weighted by Gasteiger charge is -2.33. The molecule has 0 aromatic heterocycles. The molecule has 1 aliphatic rings. The van der Waals surface area contributed by atoms with E-state index in [1.165, 1.54) is 0 Å². The predicted octanol–water partition coefficient (Wildman–Crippen LogP) is 1.85. The molecule has 6 heteroatoms. The molecule has 1 saturated heterocycles. The van der Waals surface area contributed by atoms with Crippen LogP contribution in [0.4, 0.5) is 0 Å². The van der Waals surface area contributed by atoms with Crippen molar-refractivity contribution in [1.29, 1.82) is 0 Å². The van der Waals surface area contributed by atoms with E-state index in [4.69, 9.17) is 4.74 Å². The Morgan fingerprint density at radius 3 is 2.86 bits per heavy atom. The number of rotatable bonds is 6. The first-order valence-electron chi connectivity index (χ1n) is 7.46. The Balaban J connectivity index is 2.31. The number of methoxy groups -OCH3 is 1. The van der Waals surface area contributed by atoms with Gasteiger partial charge in [0.1, 0.15) is 5.75 Å². The Kier molecular flexibility index (Phi) is 5.61. The summed E-state index contributed by atoms with van der Waals surface area (Å²) in [5.41, 5.74) is 0. The third-order valence-corrected chi connectivity index (χ3v) is 5.72. The van der Waals surface area contributed by atoms with Gasteiger partial charge in [-0.05, 0) is 37.9 Å². The standard InChI is InChI=1S/C15H24N2O3S/c1-3-10-17(13-6-5-9-16-12-13)21(18,19)15-8-4-7-14(11-15)20-2/h4,7-8,11,13,16H,3,5-6,9-10,12H2,1-2H3. The van der Waals surface area contributed by atoms with Gasteiger partial charge in [-0.3, -0.25) is 0 Å². The van der Waals surface area contributed by atoms with E-state index in [2.05, 4.69) is 5.32 Å². The maximum Gasteiger partial charge on any atom is 0.243 e. The summed E-state index contributed by atoms with van der Waals surface area (Å²) in [6.45, 7) is 4.25. The first kappa shape index (κ1) is 16.3. The largest absolute Gasteiger partial charge is 0.497 e. The van der Waals surface area contributed by atoms with Gasteiger partial charge in [0.05, 0.1) is 12.0 Å². The minimum atomic E-state index is -3.48. The number of nitrogens with one attached hydrogen (secondary N) is 1. The second-order valence-corrected chi connectivity index (χ2v) is 7.19. The van der Waals surface area contributed by atoms with Gasteiger partial charge in [-0.15, -0.1) is 0 Å². The van der Waals surface area contributed by atoms with Crippen LogP contribution in [-0.2, 0) is 10.0 Å². The predicted molar refractivity (Wildman–Crippen MR) is 83.1 cm³/mol. The second-order valence-electron chi connectivity index (χ2n) is 5.29. The molecular formula is C15H24N2O3S. The highest BCUT2D eigenvalue weighted by Crippen LogP contribution is 2.24. The zero-order chi connectivity index (χ0) is 15.3. The van der Waals surface area contributed by atoms with Gasteiger partial charge < -0.3 is 10.1 Å². The van der Waals surface area contributed by atoms with Gasteiger partial charge in [-0.1, -0.05) is 13.0 Å². The van der Waals surface area contributed by atoms with Crippen molar-refractivity contribution < 1.29 is 13.2 Å². The van der Waals surface area contributed by atoms with Crippen LogP contribution < -0.4 is 10.1 Å². The van der Waals surface area contributed by atoms with Crippen LogP contribution >= 0.6 is 0 Å². The van der Waals surface area contributed by atoms with E-state index >= 15 is 0 Å². The number of ether oxygens (including phenoxy) is 1. The fourth-order valence-electron chi connectivity index (χ4n) is 2.70. The zero-order valence-electron chi connectivity index (χ0n) is 12.7. The lowest BCUT2D eigenvalue weighted by molar-refractivity contribution is 0.266. The number of piperidine rings is 1. The third kappa shape index (κ3) is 3.75. The maximum atomic E-state index is 12.9. The van der Waals surface area contributed by atoms with Crippen LogP contribution in [0.2, 0.25) is 0 Å². The van der Waals surface area contributed by atoms with Gasteiger partial charge in [-0.2, -0.15) is 4.31 Å². The molecule has 1 N–H and O–H groups in total. The molecule has 1 atom stereocenters. The van der Waals surface area contributed by atoms with Gasteiger partial charge >= 0.3 is 0 Å². The summed E-state index contributed by atoms with van der Waals surface area (Å²) in [5.74, 6) is 0.564. The molecule has 1 fully saturated rings. The number of benzene rings is 1. The van der Waals surface area contributed by atoms with Gasteiger partial charge in [0.2, 0.25) is 10.0 Å². The number of sulfonamides is 1. The van der Waals surface area contributed by atoms with E-state index in [0.29, 0.717) is 17.2 Å². The molecule has 2 rings (SSSR count). The first-order valence-corrected chi connectivity index (χ1v) is 8.90. The fraction of sp³-hybridized carbons (Fsp3) is 0.600. The first-order chi connectivity index (χ1) is 10.1. The molecular weight excluding hydrogens is 288 g/mol. The van der Waals surface area contributed by atoms with Crippen LogP contribution in [0, 0.1) is 0 Å². The van der Waals surface area contributed by atoms with Crippen LogP contribution in [0.1, 0.15) is 26.2 Å². The quantitative estimate of drug-likeness (QED) is 0.871. The average molecular weight is 312 g/mol. The molecule has 1 aromatic carbocycles. The van der Waals surface area contributed by atoms with Crippen molar-refractivity contribution in [2.75, 3.05) is 26.7 Å². The molecule has 0 amide bonds. The molecule has 21 heavy (non-hydrogen) atoms. The van der Waals surface area contributed by atoms with Gasteiger partial charge in [0, 0.05) is 25.2 Å². The topological polar surface area (TPSA) is 58.6 Å². The molecule has 0 saturated carbocycles. The molecule has 0 aliphatic carbocycles. The van der Waals surface area contributed by atoms with Crippen molar-refractivity contribution in [3.05, 3.63) is 24.3 Å². The zero-order valence-corrected chi connectivity index (χ0v) is 13.5. The summed E-state index contributed by atoms with van der Waals surface area (Å²) in [5, 5.41) is 3.29. The van der Waals surface area contributed by atoms with Crippen LogP contribution in [0.25, 0.3) is 0 Å². The molecule has 0 spiro atoms. The van der Waals surface area contributed by atoms with Crippen LogP contribution in [0.15, 0.2) is 29.2 Å². The van der Waals surface area contributed by atoms with Crippen molar-refractivity contribution >= 4 is 10.0 Å². The molecule has 1 aromatic rings. The SMILES string of the molecule is CCCN(C1CCCNC1)S(=O)(=O)c1cccc(OC)c1. The molecule has 1 heterocycles. The lowest BCUT2D eigenvalue weighted by Crippen LogP contribution is -2.48. The van der Waals surface area contributed by atoms with Crippen molar-refractivity contribution in [2.45, 2.75) is 37.1 Å².